The quantitative estimate of drug-likeness (QED) is 0.580. The number of hydrogen-bond acceptors (Lipinski definition) is 3. The van der Waals surface area contributed by atoms with Gasteiger partial charge in [-0.1, -0.05) is 106 Å². The number of hydrogen-bond donors (Lipinski definition) is 1. The number of aliphatic hydroxyl groups is 1. The van der Waals surface area contributed by atoms with Crippen LogP contribution >= 0.6 is 0 Å². The second kappa shape index (κ2) is 8.84. The Labute approximate surface area is 199 Å². The lowest BCUT2D eigenvalue weighted by Crippen LogP contribution is -2.67. The maximum atomic E-state index is 10.9. The van der Waals surface area contributed by atoms with Crippen molar-refractivity contribution < 1.29 is 9.53 Å². The predicted octanol–water partition coefficient (Wildman–Crippen LogP) is 4.30. The second-order valence-corrected chi connectivity index (χ2v) is 14.9. The summed E-state index contributed by atoms with van der Waals surface area (Å²) >= 11 is 0. The van der Waals surface area contributed by atoms with E-state index in [0.29, 0.717) is 0 Å². The lowest BCUT2D eigenvalue weighted by Gasteiger charge is -2.44. The molecule has 1 fully saturated rings. The van der Waals surface area contributed by atoms with Crippen molar-refractivity contribution in [3.63, 3.8) is 0 Å². The van der Waals surface area contributed by atoms with Crippen LogP contribution in [0.4, 0.5) is 0 Å². The molecule has 172 valence electrons. The van der Waals surface area contributed by atoms with Crippen LogP contribution in [0.25, 0.3) is 0 Å². The van der Waals surface area contributed by atoms with Crippen molar-refractivity contribution in [1.29, 1.82) is 0 Å². The van der Waals surface area contributed by atoms with E-state index in [1.54, 1.807) is 0 Å². The molecule has 1 saturated heterocycles. The van der Waals surface area contributed by atoms with E-state index >= 15 is 0 Å². The van der Waals surface area contributed by atoms with Gasteiger partial charge in [-0.25, -0.2) is 0 Å². The highest BCUT2D eigenvalue weighted by Gasteiger charge is 2.52. The van der Waals surface area contributed by atoms with Crippen LogP contribution < -0.4 is 10.4 Å². The second-order valence-electron chi connectivity index (χ2n) is 10.6. The van der Waals surface area contributed by atoms with Gasteiger partial charge in [-0.2, -0.15) is 0 Å². The van der Waals surface area contributed by atoms with Crippen molar-refractivity contribution >= 4 is 18.7 Å². The minimum Gasteiger partial charge on any atom is -0.403 e. The normalized spacial score (nSPS) is 23.6. The van der Waals surface area contributed by atoms with Crippen LogP contribution in [0.1, 0.15) is 44.4 Å². The van der Waals surface area contributed by atoms with Gasteiger partial charge in [-0.3, -0.25) is 4.90 Å². The van der Waals surface area contributed by atoms with Gasteiger partial charge in [0.25, 0.3) is 8.32 Å². The Bertz CT molecular complexity index is 1040. The molecule has 3 aromatic rings. The summed E-state index contributed by atoms with van der Waals surface area (Å²) < 4.78 is 7.36. The van der Waals surface area contributed by atoms with E-state index in [2.05, 4.69) is 111 Å². The molecule has 2 aliphatic rings. The maximum absolute atomic E-state index is 10.9. The van der Waals surface area contributed by atoms with Gasteiger partial charge in [-0.05, 0) is 33.0 Å². The predicted molar refractivity (Wildman–Crippen MR) is 138 cm³/mol. The first kappa shape index (κ1) is 22.5. The summed E-state index contributed by atoms with van der Waals surface area (Å²) in [6.45, 7) is 8.83. The van der Waals surface area contributed by atoms with Crippen molar-refractivity contribution in [2.24, 2.45) is 0 Å². The Morgan fingerprint density at radius 2 is 1.42 bits per heavy atom. The van der Waals surface area contributed by atoms with Gasteiger partial charge in [0.05, 0.1) is 18.2 Å². The zero-order valence-corrected chi connectivity index (χ0v) is 20.9. The molecule has 4 heteroatoms. The average Bonchev–Trinajstić information content (AvgIpc) is 3.40. The van der Waals surface area contributed by atoms with Gasteiger partial charge < -0.3 is 9.53 Å². The van der Waals surface area contributed by atoms with E-state index in [1.807, 2.05) is 0 Å². The lowest BCUT2D eigenvalue weighted by molar-refractivity contribution is 0.0672. The van der Waals surface area contributed by atoms with E-state index in [0.717, 1.165) is 25.9 Å². The monoisotopic (exact) mass is 457 g/mol. The molecule has 1 N–H and O–H groups in total. The van der Waals surface area contributed by atoms with Crippen molar-refractivity contribution in [1.82, 2.24) is 4.90 Å². The Kier molecular flexibility index (Phi) is 6.04. The summed E-state index contributed by atoms with van der Waals surface area (Å²) in [7, 11) is -2.56. The Balaban J connectivity index is 1.48. The molecule has 1 aliphatic heterocycles. The molecule has 1 unspecified atom stereocenters. The summed E-state index contributed by atoms with van der Waals surface area (Å²) in [5.74, 6) is 0. The molecule has 0 radical (unpaired) electrons. The fourth-order valence-electron chi connectivity index (χ4n) is 6.04. The minimum absolute atomic E-state index is 0.0252. The Hall–Kier alpha value is -2.24. The van der Waals surface area contributed by atoms with Crippen molar-refractivity contribution in [2.45, 2.75) is 56.9 Å². The van der Waals surface area contributed by atoms with Crippen LogP contribution in [-0.4, -0.2) is 43.6 Å². The fraction of sp³-hybridized carbons (Fsp3) is 0.379. The van der Waals surface area contributed by atoms with Gasteiger partial charge in [-0.15, -0.1) is 0 Å². The van der Waals surface area contributed by atoms with E-state index in [-0.39, 0.29) is 23.3 Å². The molecule has 3 atom stereocenters. The SMILES string of the molecule is CC(C)(C)[Si](OC1CCN([C@@H]2c3ccccc3C[C@H]2O)C1)(c1ccccc1)c1ccccc1. The highest BCUT2D eigenvalue weighted by Crippen LogP contribution is 2.41. The first-order valence-corrected chi connectivity index (χ1v) is 14.1. The van der Waals surface area contributed by atoms with E-state index in [1.165, 1.54) is 21.5 Å². The van der Waals surface area contributed by atoms with Gasteiger partial charge in [0.15, 0.2) is 0 Å². The molecular weight excluding hydrogens is 422 g/mol. The van der Waals surface area contributed by atoms with Gasteiger partial charge in [0.1, 0.15) is 0 Å². The topological polar surface area (TPSA) is 32.7 Å². The summed E-state index contributed by atoms with van der Waals surface area (Å²) in [6, 6.07) is 30.4. The highest BCUT2D eigenvalue weighted by molar-refractivity contribution is 6.99. The van der Waals surface area contributed by atoms with E-state index in [9.17, 15) is 5.11 Å². The molecule has 33 heavy (non-hydrogen) atoms. The molecule has 3 aromatic carbocycles. The van der Waals surface area contributed by atoms with Crippen LogP contribution in [0.15, 0.2) is 84.9 Å². The molecule has 5 rings (SSSR count). The molecule has 3 nitrogen and oxygen atoms in total. The number of likely N-dealkylation sites (tertiary alicyclic amines) is 1. The third kappa shape index (κ3) is 3.99. The molecule has 0 aromatic heterocycles. The standard InChI is InChI=1S/C29H35NO2Si/c1-29(2,3)33(24-13-6-4-7-14-24,25-15-8-5-9-16-25)32-23-18-19-30(21-23)28-26-17-11-10-12-22(26)20-27(28)31/h4-17,23,27-28,31H,18-21H2,1-3H3/t23?,27-,28-/m1/s1. The van der Waals surface area contributed by atoms with Crippen molar-refractivity contribution in [3.05, 3.63) is 96.1 Å². The van der Waals surface area contributed by atoms with Gasteiger partial charge in [0.2, 0.25) is 0 Å². The maximum Gasteiger partial charge on any atom is 0.261 e. The van der Waals surface area contributed by atoms with Gasteiger partial charge >= 0.3 is 0 Å². The largest absolute Gasteiger partial charge is 0.403 e. The van der Waals surface area contributed by atoms with Crippen LogP contribution in [0, 0.1) is 0 Å². The third-order valence-corrected chi connectivity index (χ3v) is 12.6. The number of aliphatic hydroxyl groups excluding tert-OH is 1. The third-order valence-electron chi connectivity index (χ3n) is 7.50. The molecule has 0 amide bonds. The molecule has 1 aliphatic carbocycles. The summed E-state index contributed by atoms with van der Waals surface area (Å²) in [5, 5.41) is 13.5. The van der Waals surface area contributed by atoms with E-state index < -0.39 is 8.32 Å². The van der Waals surface area contributed by atoms with Crippen molar-refractivity contribution in [2.75, 3.05) is 13.1 Å². The zero-order chi connectivity index (χ0) is 23.1. The van der Waals surface area contributed by atoms with E-state index in [4.69, 9.17) is 4.43 Å². The molecular formula is C29H35NO2Si. The summed E-state index contributed by atoms with van der Waals surface area (Å²) in [5.41, 5.74) is 2.57. The summed E-state index contributed by atoms with van der Waals surface area (Å²) in [6.07, 6.45) is 1.55. The van der Waals surface area contributed by atoms with Crippen molar-refractivity contribution in [3.8, 4) is 0 Å². The van der Waals surface area contributed by atoms with Crippen LogP contribution in [-0.2, 0) is 10.8 Å². The number of benzene rings is 3. The first-order chi connectivity index (χ1) is 15.9. The average molecular weight is 458 g/mol. The number of nitrogens with zero attached hydrogens (tertiary/aromatic N) is 1. The van der Waals surface area contributed by atoms with Gasteiger partial charge in [0, 0.05) is 19.5 Å². The minimum atomic E-state index is -2.56. The molecule has 0 bridgehead atoms. The number of rotatable bonds is 5. The Morgan fingerprint density at radius 3 is 2.03 bits per heavy atom. The molecule has 0 saturated carbocycles. The smallest absolute Gasteiger partial charge is 0.261 e. The zero-order valence-electron chi connectivity index (χ0n) is 19.9. The molecule has 1 heterocycles. The molecule has 0 spiro atoms. The first-order valence-electron chi connectivity index (χ1n) is 12.2. The lowest BCUT2D eigenvalue weighted by atomic mass is 10.1. The fourth-order valence-corrected chi connectivity index (χ4v) is 10.7. The summed E-state index contributed by atoms with van der Waals surface area (Å²) in [4.78, 5) is 2.46. The Morgan fingerprint density at radius 1 is 0.848 bits per heavy atom. The highest BCUT2D eigenvalue weighted by atomic mass is 28.4. The van der Waals surface area contributed by atoms with Crippen LogP contribution in [0.5, 0.6) is 0 Å². The number of fused-ring (bicyclic) bond motifs is 1. The van der Waals surface area contributed by atoms with Crippen LogP contribution in [0.3, 0.4) is 0 Å². The van der Waals surface area contributed by atoms with Crippen LogP contribution in [0.2, 0.25) is 5.04 Å².